The Bertz CT molecular complexity index is 15.5. The van der Waals surface area contributed by atoms with Gasteiger partial charge in [-0.2, -0.15) is 0 Å². The Hall–Kier alpha value is 1.97. The normalized spacial score (nSPS) is 5.00. The van der Waals surface area contributed by atoms with Crippen molar-refractivity contribution >= 4 is 74.1 Å². The summed E-state index contributed by atoms with van der Waals surface area (Å²) in [6.07, 6.45) is 0. The van der Waals surface area contributed by atoms with Gasteiger partial charge < -0.3 is 0 Å². The van der Waals surface area contributed by atoms with E-state index in [-0.39, 0.29) is 66.5 Å². The molecule has 0 aliphatic carbocycles. The van der Waals surface area contributed by atoms with E-state index in [1.807, 2.05) is 0 Å². The summed E-state index contributed by atoms with van der Waals surface area (Å²) in [6, 6.07) is 0. The molecular formula is H3BOPRb. The second-order valence-corrected chi connectivity index (χ2v) is 0.548. The van der Waals surface area contributed by atoms with Crippen LogP contribution in [0.1, 0.15) is 0 Å². The number of hydrogen-bond donors (Lipinski definition) is 0. The molecule has 0 aliphatic heterocycles. The fraction of sp³-hybridized carbons (Fsp3) is 0. The van der Waals surface area contributed by atoms with Crippen LogP contribution in [0, 0.1) is 0 Å². The molecule has 0 fully saturated rings. The van der Waals surface area contributed by atoms with E-state index in [1.165, 1.54) is 0 Å². The van der Waals surface area contributed by atoms with Gasteiger partial charge in [-0.05, 0) is 0 Å². The van der Waals surface area contributed by atoms with Gasteiger partial charge in [0, 0.05) is 0 Å². The second-order valence-electron chi connectivity index (χ2n) is 0.183. The summed E-state index contributed by atoms with van der Waals surface area (Å²) < 4.78 is 8.90. The molecule has 0 amide bonds. The minimum atomic E-state index is 0. The molecule has 0 saturated heterocycles. The van der Waals surface area contributed by atoms with Crippen molar-refractivity contribution in [2.75, 3.05) is 0 Å². The Morgan fingerprint density at radius 3 is 1.75 bits per heavy atom. The first-order chi connectivity index (χ1) is 1.41. The second kappa shape index (κ2) is 8.88. The van der Waals surface area contributed by atoms with Crippen molar-refractivity contribution in [1.82, 2.24) is 0 Å². The zero-order valence-electron chi connectivity index (χ0n) is 1.86. The van der Waals surface area contributed by atoms with Crippen molar-refractivity contribution in [1.29, 1.82) is 0 Å². The van der Waals surface area contributed by atoms with Crippen LogP contribution in [0.2, 0.25) is 0 Å². The molecule has 0 bridgehead atoms. The summed E-state index contributed by atoms with van der Waals surface area (Å²) >= 11 is 0. The molecule has 0 aromatic carbocycles. The summed E-state index contributed by atoms with van der Waals surface area (Å²) in [6.45, 7) is 0. The van der Waals surface area contributed by atoms with Crippen LogP contribution >= 0.6 is 8.34 Å². The molecule has 0 atom stereocenters. The zero-order valence-corrected chi connectivity index (χ0v) is 2.75. The van der Waals surface area contributed by atoms with Gasteiger partial charge in [-0.3, -0.25) is 4.57 Å². The predicted molar refractivity (Wildman–Crippen MR) is 23.3 cm³/mol. The molecule has 0 N–H and O–H groups in total. The van der Waals surface area contributed by atoms with Crippen molar-refractivity contribution in [3.05, 3.63) is 0 Å². The van der Waals surface area contributed by atoms with Gasteiger partial charge in [-0.25, -0.2) is 0 Å². The van der Waals surface area contributed by atoms with Gasteiger partial charge in [-0.1, -0.05) is 0 Å². The van der Waals surface area contributed by atoms with Gasteiger partial charge in [0.2, 0.25) is 7.57 Å². The van der Waals surface area contributed by atoms with Gasteiger partial charge in [0.05, 0.1) is 8.34 Å². The Kier molecular flexibility index (Phi) is 20.8. The van der Waals surface area contributed by atoms with Crippen molar-refractivity contribution in [2.24, 2.45) is 0 Å². The SMILES string of the molecule is BP=O.[RbH]. The summed E-state index contributed by atoms with van der Waals surface area (Å²) in [5, 5.41) is 0. The van der Waals surface area contributed by atoms with Gasteiger partial charge in [0.15, 0.2) is 0 Å². The van der Waals surface area contributed by atoms with Crippen LogP contribution in [0.15, 0.2) is 0 Å². The van der Waals surface area contributed by atoms with E-state index >= 15 is 0 Å². The van der Waals surface area contributed by atoms with Gasteiger partial charge in [0.1, 0.15) is 0 Å². The van der Waals surface area contributed by atoms with Crippen LogP contribution in [0.25, 0.3) is 0 Å². The van der Waals surface area contributed by atoms with E-state index in [2.05, 4.69) is 0 Å². The average molecular weight is 146 g/mol. The molecule has 4 heteroatoms. The zero-order chi connectivity index (χ0) is 2.71. The topological polar surface area (TPSA) is 17.1 Å². The molecule has 4 heavy (non-hydrogen) atoms. The Morgan fingerprint density at radius 2 is 1.75 bits per heavy atom. The summed E-state index contributed by atoms with van der Waals surface area (Å²) in [5.74, 6) is 0. The van der Waals surface area contributed by atoms with E-state index < -0.39 is 0 Å². The van der Waals surface area contributed by atoms with E-state index in [0.717, 1.165) is 0 Å². The first-order valence-electron chi connectivity index (χ1n) is 0.630. The molecule has 0 heterocycles. The molecule has 0 radical (unpaired) electrons. The van der Waals surface area contributed by atoms with E-state index in [9.17, 15) is 0 Å². The van der Waals surface area contributed by atoms with Crippen LogP contribution in [0.5, 0.6) is 0 Å². The third kappa shape index (κ3) is 9.02. The molecule has 0 saturated carbocycles. The standard InChI is InChI=1S/BH2OP.Rb.H/c1-3-2;;/h1H2;;. The Morgan fingerprint density at radius 1 is 1.75 bits per heavy atom. The van der Waals surface area contributed by atoms with E-state index in [0.29, 0.717) is 0 Å². The molecule has 0 aromatic heterocycles. The monoisotopic (exact) mass is 146 g/mol. The first kappa shape index (κ1) is 9.36. The molecule has 0 unspecified atom stereocenters. The van der Waals surface area contributed by atoms with Crippen LogP contribution < -0.4 is 0 Å². The van der Waals surface area contributed by atoms with Crippen molar-refractivity contribution in [3.8, 4) is 0 Å². The van der Waals surface area contributed by atoms with E-state index in [4.69, 9.17) is 4.57 Å². The number of hydrogen-bond acceptors (Lipinski definition) is 1. The summed E-state index contributed by atoms with van der Waals surface area (Å²) in [5.41, 5.74) is 0. The quantitative estimate of drug-likeness (QED) is 0.322. The van der Waals surface area contributed by atoms with Crippen LogP contribution in [-0.2, 0) is 4.57 Å². The molecule has 18 valence electrons. The number of rotatable bonds is 0. The summed E-state index contributed by atoms with van der Waals surface area (Å²) in [7, 11) is 1.71. The third-order valence-electron chi connectivity index (χ3n) is 0. The van der Waals surface area contributed by atoms with Gasteiger partial charge in [-0.15, -0.1) is 0 Å². The minimum absolute atomic E-state index is 0. The maximum absolute atomic E-state index is 8.90. The molecule has 1 nitrogen and oxygen atoms in total. The predicted octanol–water partition coefficient (Wildman–Crippen LogP) is -0.822. The molecule has 0 rings (SSSR count). The molecule has 0 spiro atoms. The van der Waals surface area contributed by atoms with Gasteiger partial charge >= 0.3 is 58.2 Å². The third-order valence-corrected chi connectivity index (χ3v) is 0. The van der Waals surface area contributed by atoms with Crippen molar-refractivity contribution in [3.63, 3.8) is 0 Å². The fourth-order valence-electron chi connectivity index (χ4n) is 0. The van der Waals surface area contributed by atoms with Crippen molar-refractivity contribution in [2.45, 2.75) is 0 Å². The fourth-order valence-corrected chi connectivity index (χ4v) is 0. The van der Waals surface area contributed by atoms with Crippen molar-refractivity contribution < 1.29 is 4.57 Å². The Labute approximate surface area is 76.9 Å². The molecule has 0 aliphatic rings. The van der Waals surface area contributed by atoms with Crippen LogP contribution in [0.3, 0.4) is 0 Å². The van der Waals surface area contributed by atoms with Crippen LogP contribution in [-0.4, -0.2) is 65.8 Å². The average Bonchev–Trinajstić information content (AvgIpc) is 0.918. The summed E-state index contributed by atoms with van der Waals surface area (Å²) in [4.78, 5) is 0. The first-order valence-corrected chi connectivity index (χ1v) is 1.89. The molecular weight excluding hydrogens is 143 g/mol. The Balaban J connectivity index is 0. The van der Waals surface area contributed by atoms with Crippen LogP contribution in [0.4, 0.5) is 0 Å². The van der Waals surface area contributed by atoms with E-state index in [1.54, 1.807) is 7.57 Å². The van der Waals surface area contributed by atoms with Gasteiger partial charge in [0.25, 0.3) is 0 Å². The maximum atomic E-state index is 8.90. The molecule has 0 aromatic rings.